The predicted octanol–water partition coefficient (Wildman–Crippen LogP) is 6.46. The van der Waals surface area contributed by atoms with E-state index >= 15 is 0 Å². The molecule has 1 heteroatoms. The molecule has 0 unspecified atom stereocenters. The van der Waals surface area contributed by atoms with Crippen LogP contribution in [0.15, 0.2) is 60.7 Å². The van der Waals surface area contributed by atoms with Crippen LogP contribution in [0.25, 0.3) is 12.2 Å². The van der Waals surface area contributed by atoms with E-state index in [2.05, 4.69) is 105 Å². The Bertz CT molecular complexity index is 671. The molecule has 25 heavy (non-hydrogen) atoms. The second-order valence-electron chi connectivity index (χ2n) is 6.82. The zero-order valence-electron chi connectivity index (χ0n) is 16.1. The van der Waals surface area contributed by atoms with E-state index in [-0.39, 0.29) is 0 Å². The van der Waals surface area contributed by atoms with Crippen LogP contribution in [0.2, 0.25) is 0 Å². The number of hydrogen-bond acceptors (Lipinski definition) is 1. The summed E-state index contributed by atoms with van der Waals surface area (Å²) in [5.41, 5.74) is 5.18. The minimum Gasteiger partial charge on any atom is -0.372 e. The van der Waals surface area contributed by atoms with Crippen molar-refractivity contribution in [3.05, 3.63) is 77.4 Å². The zero-order valence-corrected chi connectivity index (χ0v) is 16.1. The highest BCUT2D eigenvalue weighted by atomic mass is 15.1. The van der Waals surface area contributed by atoms with E-state index in [4.69, 9.17) is 0 Å². The van der Waals surface area contributed by atoms with Gasteiger partial charge in [0.15, 0.2) is 0 Å². The first-order valence-corrected chi connectivity index (χ1v) is 9.41. The van der Waals surface area contributed by atoms with Crippen LogP contribution in [0.4, 0.5) is 5.69 Å². The summed E-state index contributed by atoms with van der Waals surface area (Å²) in [6.45, 7) is 11.0. The maximum absolute atomic E-state index is 2.36. The third-order valence-corrected chi connectivity index (χ3v) is 4.33. The Kier molecular flexibility index (Phi) is 7.53. The number of allylic oxidation sites excluding steroid dienone is 2. The number of nitrogens with zero attached hydrogens (tertiary/aromatic N) is 1. The van der Waals surface area contributed by atoms with Gasteiger partial charge in [-0.1, -0.05) is 74.5 Å². The zero-order chi connectivity index (χ0) is 18.1. The van der Waals surface area contributed by atoms with E-state index in [0.717, 1.165) is 19.5 Å². The number of hydrogen-bond donors (Lipinski definition) is 0. The summed E-state index contributed by atoms with van der Waals surface area (Å²) in [6.07, 6.45) is 9.66. The monoisotopic (exact) mass is 333 g/mol. The Morgan fingerprint density at radius 1 is 0.760 bits per heavy atom. The number of anilines is 1. The lowest BCUT2D eigenvalue weighted by molar-refractivity contribution is 0.647. The molecule has 0 aromatic heterocycles. The standard InChI is InChI=1S/C24H31N/c1-5-25(6-2)24-17-15-22(16-18-24)10-8-7-9-21-11-13-23(14-12-21)19-20(3)4/h7-18,20H,5-6,19H2,1-4H3. The Balaban J connectivity index is 1.92. The topological polar surface area (TPSA) is 3.24 Å². The average Bonchev–Trinajstić information content (AvgIpc) is 2.62. The van der Waals surface area contributed by atoms with Gasteiger partial charge in [0.25, 0.3) is 0 Å². The van der Waals surface area contributed by atoms with E-state index in [0.29, 0.717) is 5.92 Å². The molecule has 1 nitrogen and oxygen atoms in total. The van der Waals surface area contributed by atoms with Gasteiger partial charge in [-0.05, 0) is 55.0 Å². The van der Waals surface area contributed by atoms with Crippen molar-refractivity contribution < 1.29 is 0 Å². The lowest BCUT2D eigenvalue weighted by atomic mass is 10.0. The third-order valence-electron chi connectivity index (χ3n) is 4.33. The molecule has 0 saturated heterocycles. The van der Waals surface area contributed by atoms with Gasteiger partial charge >= 0.3 is 0 Å². The number of rotatable bonds is 8. The van der Waals surface area contributed by atoms with Crippen LogP contribution in [-0.4, -0.2) is 13.1 Å². The SMILES string of the molecule is CCN(CC)c1ccc(C=CC=Cc2ccc(CC(C)C)cc2)cc1. The maximum Gasteiger partial charge on any atom is 0.0366 e. The van der Waals surface area contributed by atoms with E-state index in [1.54, 1.807) is 0 Å². The molecule has 0 atom stereocenters. The van der Waals surface area contributed by atoms with Crippen LogP contribution in [0.1, 0.15) is 44.4 Å². The lowest BCUT2D eigenvalue weighted by Gasteiger charge is -2.20. The van der Waals surface area contributed by atoms with E-state index < -0.39 is 0 Å². The molecule has 0 fully saturated rings. The van der Waals surface area contributed by atoms with Gasteiger partial charge in [0.05, 0.1) is 0 Å². The van der Waals surface area contributed by atoms with Gasteiger partial charge in [-0.2, -0.15) is 0 Å². The first-order chi connectivity index (χ1) is 12.1. The molecular formula is C24H31N. The molecule has 0 aliphatic carbocycles. The second-order valence-corrected chi connectivity index (χ2v) is 6.82. The maximum atomic E-state index is 2.36. The van der Waals surface area contributed by atoms with Crippen molar-refractivity contribution in [3.8, 4) is 0 Å². The Hall–Kier alpha value is -2.28. The third kappa shape index (κ3) is 6.26. The predicted molar refractivity (Wildman–Crippen MR) is 113 cm³/mol. The molecule has 132 valence electrons. The summed E-state index contributed by atoms with van der Waals surface area (Å²) in [6, 6.07) is 17.6. The molecule has 0 amide bonds. The number of benzene rings is 2. The molecular weight excluding hydrogens is 302 g/mol. The lowest BCUT2D eigenvalue weighted by Crippen LogP contribution is -2.21. The molecule has 0 bridgehead atoms. The summed E-state index contributed by atoms with van der Waals surface area (Å²) in [5.74, 6) is 0.706. The molecule has 2 rings (SSSR count). The Morgan fingerprint density at radius 3 is 1.68 bits per heavy atom. The molecule has 0 radical (unpaired) electrons. The molecule has 0 aliphatic rings. The van der Waals surface area contributed by atoms with Crippen LogP contribution in [0, 0.1) is 5.92 Å². The fraction of sp³-hybridized carbons (Fsp3) is 0.333. The van der Waals surface area contributed by atoms with Crippen molar-refractivity contribution in [3.63, 3.8) is 0 Å². The van der Waals surface area contributed by atoms with Crippen molar-refractivity contribution >= 4 is 17.8 Å². The van der Waals surface area contributed by atoms with Crippen LogP contribution in [-0.2, 0) is 6.42 Å². The van der Waals surface area contributed by atoms with Crippen LogP contribution < -0.4 is 4.90 Å². The largest absolute Gasteiger partial charge is 0.372 e. The first-order valence-electron chi connectivity index (χ1n) is 9.41. The van der Waals surface area contributed by atoms with Gasteiger partial charge in [-0.25, -0.2) is 0 Å². The molecule has 0 saturated carbocycles. The van der Waals surface area contributed by atoms with E-state index in [1.165, 1.54) is 22.4 Å². The minimum atomic E-state index is 0.706. The molecule has 0 N–H and O–H groups in total. The van der Waals surface area contributed by atoms with Crippen molar-refractivity contribution in [2.75, 3.05) is 18.0 Å². The van der Waals surface area contributed by atoms with Gasteiger partial charge in [-0.15, -0.1) is 0 Å². The Morgan fingerprint density at radius 2 is 1.24 bits per heavy atom. The summed E-state index contributed by atoms with van der Waals surface area (Å²) in [4.78, 5) is 2.36. The smallest absolute Gasteiger partial charge is 0.0366 e. The van der Waals surface area contributed by atoms with Gasteiger partial charge in [0, 0.05) is 18.8 Å². The summed E-state index contributed by atoms with van der Waals surface area (Å²) in [7, 11) is 0. The summed E-state index contributed by atoms with van der Waals surface area (Å²) in [5, 5.41) is 0. The summed E-state index contributed by atoms with van der Waals surface area (Å²) < 4.78 is 0. The van der Waals surface area contributed by atoms with Gasteiger partial charge in [-0.3, -0.25) is 0 Å². The van der Waals surface area contributed by atoms with Gasteiger partial charge in [0.1, 0.15) is 0 Å². The Labute approximate surface area is 153 Å². The normalized spacial score (nSPS) is 11.7. The molecule has 2 aromatic rings. The highest BCUT2D eigenvalue weighted by Gasteiger charge is 2.00. The van der Waals surface area contributed by atoms with Crippen LogP contribution in [0.5, 0.6) is 0 Å². The second kappa shape index (κ2) is 9.88. The average molecular weight is 334 g/mol. The van der Waals surface area contributed by atoms with Crippen LogP contribution >= 0.6 is 0 Å². The van der Waals surface area contributed by atoms with Crippen molar-refractivity contribution in [1.82, 2.24) is 0 Å². The highest BCUT2D eigenvalue weighted by molar-refractivity contribution is 5.59. The molecule has 0 aliphatic heterocycles. The molecule has 0 heterocycles. The van der Waals surface area contributed by atoms with Gasteiger partial charge in [0.2, 0.25) is 0 Å². The quantitative estimate of drug-likeness (QED) is 0.501. The van der Waals surface area contributed by atoms with Crippen molar-refractivity contribution in [1.29, 1.82) is 0 Å². The molecule has 2 aromatic carbocycles. The molecule has 0 spiro atoms. The minimum absolute atomic E-state index is 0.706. The fourth-order valence-electron chi connectivity index (χ4n) is 2.95. The fourth-order valence-corrected chi connectivity index (χ4v) is 2.95. The van der Waals surface area contributed by atoms with E-state index in [1.807, 2.05) is 0 Å². The van der Waals surface area contributed by atoms with Crippen LogP contribution in [0.3, 0.4) is 0 Å². The van der Waals surface area contributed by atoms with Crippen molar-refractivity contribution in [2.24, 2.45) is 5.92 Å². The van der Waals surface area contributed by atoms with Gasteiger partial charge < -0.3 is 4.90 Å². The summed E-state index contributed by atoms with van der Waals surface area (Å²) >= 11 is 0. The van der Waals surface area contributed by atoms with Crippen molar-refractivity contribution in [2.45, 2.75) is 34.1 Å². The first kappa shape index (κ1) is 19.1. The van der Waals surface area contributed by atoms with E-state index in [9.17, 15) is 0 Å². The highest BCUT2D eigenvalue weighted by Crippen LogP contribution is 2.16.